The Hall–Kier alpha value is -5.34. The third kappa shape index (κ3) is 7.69. The number of benzene rings is 2. The van der Waals surface area contributed by atoms with E-state index in [-0.39, 0.29) is 23.8 Å². The second-order valence-corrected chi connectivity index (χ2v) is 9.94. The number of amides is 2. The Labute approximate surface area is 247 Å². The van der Waals surface area contributed by atoms with Crippen molar-refractivity contribution in [3.8, 4) is 11.8 Å². The third-order valence-electron chi connectivity index (χ3n) is 6.49. The van der Waals surface area contributed by atoms with Gasteiger partial charge in [-0.1, -0.05) is 17.9 Å². The molecule has 3 N–H and O–H groups in total. The van der Waals surface area contributed by atoms with Crippen molar-refractivity contribution in [3.05, 3.63) is 113 Å². The molecule has 2 amide bonds. The highest BCUT2D eigenvalue weighted by atomic mass is 19.1. The quantitative estimate of drug-likeness (QED) is 0.171. The standard InChI is InChI=1S/C32H30FN7O3/c1-40(2)32(42)23-6-3-5-21(17-23)8-9-22-10-11-25-26(18-22)38-29(37-25)12-15-34-16-13-30-39-28(20-43-30)31(41)36-19-27-24(33)7-4-14-35-27/h3-7,10-11,14,17-18,20,34H,12-13,15-16,19H2,1-2H3,(H,36,41)(H,37,38). The van der Waals surface area contributed by atoms with E-state index in [1.165, 1.54) is 29.5 Å². The lowest BCUT2D eigenvalue weighted by Gasteiger charge is -2.09. The average molecular weight is 580 g/mol. The SMILES string of the molecule is CN(C)C(=O)c1cccc(C#Cc2ccc3[nH]c(CCNCCc4nc(C(=O)NCc5ncccc5F)co4)nc3c2)c1. The molecule has 0 atom stereocenters. The molecule has 0 unspecified atom stereocenters. The molecule has 0 aliphatic heterocycles. The van der Waals surface area contributed by atoms with Crippen LogP contribution in [0.1, 0.15) is 49.4 Å². The van der Waals surface area contributed by atoms with Crippen LogP contribution >= 0.6 is 0 Å². The minimum atomic E-state index is -0.481. The van der Waals surface area contributed by atoms with Crippen LogP contribution in [-0.4, -0.2) is 63.8 Å². The van der Waals surface area contributed by atoms with Crippen LogP contribution < -0.4 is 10.6 Å². The molecule has 2 aromatic carbocycles. The Morgan fingerprint density at radius 1 is 1.00 bits per heavy atom. The molecule has 0 fully saturated rings. The summed E-state index contributed by atoms with van der Waals surface area (Å²) in [6, 6.07) is 15.9. The number of oxazole rings is 1. The summed E-state index contributed by atoms with van der Waals surface area (Å²) < 4.78 is 19.1. The largest absolute Gasteiger partial charge is 0.448 e. The Bertz CT molecular complexity index is 1820. The third-order valence-corrected chi connectivity index (χ3v) is 6.49. The molecular weight excluding hydrogens is 549 g/mol. The van der Waals surface area contributed by atoms with E-state index in [2.05, 4.69) is 37.4 Å². The van der Waals surface area contributed by atoms with Crippen molar-refractivity contribution < 1.29 is 18.4 Å². The first-order valence-corrected chi connectivity index (χ1v) is 13.7. The Morgan fingerprint density at radius 3 is 2.63 bits per heavy atom. The predicted molar refractivity (Wildman–Crippen MR) is 159 cm³/mol. The fraction of sp³-hybridized carbons (Fsp3) is 0.219. The van der Waals surface area contributed by atoms with Crippen molar-refractivity contribution in [1.29, 1.82) is 0 Å². The van der Waals surface area contributed by atoms with Gasteiger partial charge in [0.15, 0.2) is 11.6 Å². The van der Waals surface area contributed by atoms with Crippen LogP contribution in [0.2, 0.25) is 0 Å². The van der Waals surface area contributed by atoms with E-state index >= 15 is 0 Å². The summed E-state index contributed by atoms with van der Waals surface area (Å²) in [5, 5.41) is 5.92. The number of H-pyrrole nitrogens is 1. The molecule has 11 heteroatoms. The molecule has 0 saturated heterocycles. The molecule has 218 valence electrons. The monoisotopic (exact) mass is 579 g/mol. The van der Waals surface area contributed by atoms with Crippen LogP contribution in [0.3, 0.4) is 0 Å². The summed E-state index contributed by atoms with van der Waals surface area (Å²) >= 11 is 0. The lowest BCUT2D eigenvalue weighted by atomic mass is 10.1. The topological polar surface area (TPSA) is 129 Å². The van der Waals surface area contributed by atoms with Crippen molar-refractivity contribution in [1.82, 2.24) is 35.5 Å². The first-order valence-electron chi connectivity index (χ1n) is 13.7. The Balaban J connectivity index is 1.08. The van der Waals surface area contributed by atoms with Crippen molar-refractivity contribution in [2.24, 2.45) is 0 Å². The lowest BCUT2D eigenvalue weighted by molar-refractivity contribution is 0.0827. The number of aromatic amines is 1. The van der Waals surface area contributed by atoms with Crippen LogP contribution in [-0.2, 0) is 19.4 Å². The van der Waals surface area contributed by atoms with Gasteiger partial charge in [-0.3, -0.25) is 14.6 Å². The van der Waals surface area contributed by atoms with Gasteiger partial charge < -0.3 is 24.9 Å². The van der Waals surface area contributed by atoms with Crippen molar-refractivity contribution in [2.75, 3.05) is 27.2 Å². The Kier molecular flexibility index (Phi) is 9.19. The number of hydrogen-bond donors (Lipinski definition) is 3. The van der Waals surface area contributed by atoms with Crippen LogP contribution in [0.5, 0.6) is 0 Å². The molecule has 10 nitrogen and oxygen atoms in total. The Morgan fingerprint density at radius 2 is 1.81 bits per heavy atom. The van der Waals surface area contributed by atoms with E-state index in [1.54, 1.807) is 26.2 Å². The van der Waals surface area contributed by atoms with E-state index in [1.807, 2.05) is 30.3 Å². The smallest absolute Gasteiger partial charge is 0.273 e. The zero-order chi connectivity index (χ0) is 30.2. The number of halogens is 1. The molecule has 0 radical (unpaired) electrons. The number of rotatable bonds is 10. The van der Waals surface area contributed by atoms with Gasteiger partial charge >= 0.3 is 0 Å². The minimum absolute atomic E-state index is 0.0410. The van der Waals surface area contributed by atoms with Gasteiger partial charge in [-0.25, -0.2) is 14.4 Å². The van der Waals surface area contributed by atoms with Crippen LogP contribution in [0.15, 0.2) is 71.5 Å². The summed E-state index contributed by atoms with van der Waals surface area (Å²) in [4.78, 5) is 42.2. The van der Waals surface area contributed by atoms with Crippen LogP contribution in [0.4, 0.5) is 4.39 Å². The zero-order valence-electron chi connectivity index (χ0n) is 23.8. The molecule has 0 saturated carbocycles. The van der Waals surface area contributed by atoms with Crippen molar-refractivity contribution >= 4 is 22.8 Å². The first-order chi connectivity index (χ1) is 20.9. The molecule has 3 aromatic heterocycles. The van der Waals surface area contributed by atoms with E-state index in [0.717, 1.165) is 28.0 Å². The maximum absolute atomic E-state index is 13.7. The van der Waals surface area contributed by atoms with Crippen molar-refractivity contribution in [3.63, 3.8) is 0 Å². The number of pyridine rings is 1. The summed E-state index contributed by atoms with van der Waals surface area (Å²) in [7, 11) is 3.44. The summed E-state index contributed by atoms with van der Waals surface area (Å²) in [5.41, 5.74) is 4.23. The van der Waals surface area contributed by atoms with Gasteiger partial charge in [0.2, 0.25) is 0 Å². The summed E-state index contributed by atoms with van der Waals surface area (Å²) in [6.45, 7) is 1.24. The number of nitrogens with one attached hydrogen (secondary N) is 3. The van der Waals surface area contributed by atoms with E-state index in [4.69, 9.17) is 9.40 Å². The minimum Gasteiger partial charge on any atom is -0.448 e. The van der Waals surface area contributed by atoms with Gasteiger partial charge in [-0.15, -0.1) is 0 Å². The van der Waals surface area contributed by atoms with Gasteiger partial charge in [0.25, 0.3) is 11.8 Å². The highest BCUT2D eigenvalue weighted by molar-refractivity contribution is 5.94. The number of fused-ring (bicyclic) bond motifs is 1. The summed E-state index contributed by atoms with van der Waals surface area (Å²) in [5.74, 6) is 6.56. The van der Waals surface area contributed by atoms with Crippen molar-refractivity contribution in [2.45, 2.75) is 19.4 Å². The molecular formula is C32H30FN7O3. The molecule has 0 spiro atoms. The van der Waals surface area contributed by atoms with Gasteiger partial charge in [-0.2, -0.15) is 0 Å². The molecule has 3 heterocycles. The zero-order valence-corrected chi connectivity index (χ0v) is 23.8. The maximum Gasteiger partial charge on any atom is 0.273 e. The van der Waals surface area contributed by atoms with Gasteiger partial charge in [-0.05, 0) is 48.5 Å². The number of imidazole rings is 1. The normalized spacial score (nSPS) is 10.8. The number of carbonyl (C=O) groups excluding carboxylic acids is 2. The lowest BCUT2D eigenvalue weighted by Crippen LogP contribution is -2.24. The van der Waals surface area contributed by atoms with Gasteiger partial charge in [0.05, 0.1) is 23.3 Å². The molecule has 5 aromatic rings. The second-order valence-electron chi connectivity index (χ2n) is 9.94. The number of nitrogens with zero attached hydrogens (tertiary/aromatic N) is 4. The number of carbonyl (C=O) groups is 2. The van der Waals surface area contributed by atoms with Gasteiger partial charge in [0.1, 0.15) is 17.9 Å². The van der Waals surface area contributed by atoms with E-state index < -0.39 is 11.7 Å². The highest BCUT2D eigenvalue weighted by Crippen LogP contribution is 2.14. The van der Waals surface area contributed by atoms with Gasteiger partial charge in [0, 0.05) is 62.9 Å². The highest BCUT2D eigenvalue weighted by Gasteiger charge is 2.13. The molecule has 0 aliphatic rings. The first kappa shape index (κ1) is 29.2. The predicted octanol–water partition coefficient (Wildman–Crippen LogP) is 3.49. The molecule has 43 heavy (non-hydrogen) atoms. The number of aromatic nitrogens is 4. The number of hydrogen-bond acceptors (Lipinski definition) is 7. The van der Waals surface area contributed by atoms with E-state index in [9.17, 15) is 14.0 Å². The molecule has 0 aliphatic carbocycles. The van der Waals surface area contributed by atoms with Crippen LogP contribution in [0.25, 0.3) is 11.0 Å². The van der Waals surface area contributed by atoms with Crippen LogP contribution in [0, 0.1) is 17.7 Å². The van der Waals surface area contributed by atoms with E-state index in [0.29, 0.717) is 37.4 Å². The fourth-order valence-corrected chi connectivity index (χ4v) is 4.25. The summed E-state index contributed by atoms with van der Waals surface area (Å²) in [6.07, 6.45) is 3.94. The maximum atomic E-state index is 13.7. The average Bonchev–Trinajstić information content (AvgIpc) is 3.66. The molecule has 0 bridgehead atoms. The molecule has 5 rings (SSSR count). The second kappa shape index (κ2) is 13.5. The fourth-order valence-electron chi connectivity index (χ4n) is 4.25.